The molecule has 1 aliphatic rings. The van der Waals surface area contributed by atoms with Crippen LogP contribution in [0.15, 0.2) is 52.1 Å². The monoisotopic (exact) mass is 491 g/mol. The summed E-state index contributed by atoms with van der Waals surface area (Å²) in [6, 6.07) is 9.61. The minimum absolute atomic E-state index is 0.387. The molecule has 5 rings (SSSR count). The Morgan fingerprint density at radius 3 is 2.51 bits per heavy atom. The minimum Gasteiger partial charge on any atom is -0.496 e. The first-order valence-corrected chi connectivity index (χ1v) is 11.8. The molecule has 0 aliphatic carbocycles. The number of benzene rings is 2. The number of rotatable bonds is 8. The van der Waals surface area contributed by atoms with Gasteiger partial charge >= 0.3 is 0 Å². The fourth-order valence-corrected chi connectivity index (χ4v) is 4.54. The number of nitrogens with one attached hydrogen (secondary N) is 2. The average molecular weight is 492 g/mol. The normalized spacial score (nSPS) is 13.1. The van der Waals surface area contributed by atoms with E-state index in [1.165, 1.54) is 11.9 Å². The van der Waals surface area contributed by atoms with Crippen molar-refractivity contribution in [1.29, 1.82) is 0 Å². The van der Waals surface area contributed by atoms with Crippen LogP contribution in [0, 0.1) is 17.8 Å². The van der Waals surface area contributed by atoms with Crippen molar-refractivity contribution in [3.63, 3.8) is 0 Å². The Hall–Kier alpha value is -3.81. The Kier molecular flexibility index (Phi) is 6.70. The Labute approximate surface area is 207 Å². The van der Waals surface area contributed by atoms with Gasteiger partial charge in [-0.3, -0.25) is 4.68 Å². The number of methoxy groups -OCH3 is 3. The van der Waals surface area contributed by atoms with Gasteiger partial charge in [0.2, 0.25) is 0 Å². The quantitative estimate of drug-likeness (QED) is 0.282. The van der Waals surface area contributed by atoms with Crippen molar-refractivity contribution < 1.29 is 18.7 Å². The van der Waals surface area contributed by atoms with Crippen molar-refractivity contribution in [2.24, 2.45) is 5.92 Å². The fourth-order valence-electron chi connectivity index (χ4n) is 3.72. The minimum atomic E-state index is 0.387. The van der Waals surface area contributed by atoms with Crippen LogP contribution in [-0.2, 0) is 6.54 Å². The van der Waals surface area contributed by atoms with E-state index in [1.807, 2.05) is 41.2 Å². The van der Waals surface area contributed by atoms with E-state index in [4.69, 9.17) is 18.7 Å². The summed E-state index contributed by atoms with van der Waals surface area (Å²) in [4.78, 5) is 0.774. The second kappa shape index (κ2) is 10.2. The maximum absolute atomic E-state index is 5.66. The van der Waals surface area contributed by atoms with E-state index in [1.54, 1.807) is 27.5 Å². The summed E-state index contributed by atoms with van der Waals surface area (Å²) in [7, 11) is 4.88. The van der Waals surface area contributed by atoms with Crippen molar-refractivity contribution in [3.05, 3.63) is 53.9 Å². The molecule has 0 amide bonds. The molecule has 0 spiro atoms. The Morgan fingerprint density at radius 2 is 1.89 bits per heavy atom. The molecule has 2 aromatic heterocycles. The van der Waals surface area contributed by atoms with E-state index in [-0.39, 0.29) is 0 Å². The van der Waals surface area contributed by atoms with Gasteiger partial charge in [0.1, 0.15) is 27.5 Å². The van der Waals surface area contributed by atoms with Gasteiger partial charge in [0.15, 0.2) is 11.4 Å². The Balaban J connectivity index is 1.40. The summed E-state index contributed by atoms with van der Waals surface area (Å²) in [5.74, 6) is 9.39. The van der Waals surface area contributed by atoms with Crippen LogP contribution in [0.2, 0.25) is 0 Å². The first-order chi connectivity index (χ1) is 17.2. The second-order valence-corrected chi connectivity index (χ2v) is 8.76. The second-order valence-electron chi connectivity index (χ2n) is 7.94. The van der Waals surface area contributed by atoms with E-state index >= 15 is 0 Å². The van der Waals surface area contributed by atoms with Gasteiger partial charge in [-0.1, -0.05) is 17.0 Å². The van der Waals surface area contributed by atoms with Gasteiger partial charge in [-0.2, -0.15) is 5.10 Å². The van der Waals surface area contributed by atoms with Crippen LogP contribution in [0.25, 0.3) is 11.0 Å². The van der Waals surface area contributed by atoms with E-state index in [9.17, 15) is 0 Å². The van der Waals surface area contributed by atoms with Crippen molar-refractivity contribution in [2.75, 3.05) is 39.1 Å². The molecule has 0 saturated carbocycles. The number of aromatic nitrogens is 3. The molecule has 10 heteroatoms. The van der Waals surface area contributed by atoms with E-state index in [0.717, 1.165) is 34.5 Å². The lowest BCUT2D eigenvalue weighted by atomic mass is 10.0. The zero-order chi connectivity index (χ0) is 24.2. The predicted molar refractivity (Wildman–Crippen MR) is 134 cm³/mol. The molecule has 0 bridgehead atoms. The maximum atomic E-state index is 5.66. The maximum Gasteiger partial charge on any atom is 0.191 e. The molecule has 0 radical (unpaired) electrons. The van der Waals surface area contributed by atoms with Gasteiger partial charge in [-0.15, -0.1) is 0 Å². The Bertz CT molecular complexity index is 1360. The van der Waals surface area contributed by atoms with Crippen molar-refractivity contribution in [3.8, 4) is 29.1 Å². The molecule has 9 nitrogen and oxygen atoms in total. The standard InChI is InChI=1S/C25H25N5O4S/c1-31-19-11-18(15-30-8-4-7-27-30)12-20-23(19)25(28-34-20)29-35-24-21(32-2)9-16(10-22(24)33-3)5-6-17-13-26-14-17/h4,7-12,17,26H,13-15H2,1-3H3,(H,28,29). The summed E-state index contributed by atoms with van der Waals surface area (Å²) in [5.41, 5.74) is 2.45. The SMILES string of the molecule is COc1cc(C#CC2CNC2)cc(OC)c1SNc1noc2cc(Cn3cccn3)cc(OC)c12. The third-order valence-electron chi connectivity index (χ3n) is 5.63. The molecule has 0 atom stereocenters. The van der Waals surface area contributed by atoms with Crippen molar-refractivity contribution in [2.45, 2.75) is 11.4 Å². The van der Waals surface area contributed by atoms with Gasteiger partial charge in [-0.25, -0.2) is 0 Å². The summed E-state index contributed by atoms with van der Waals surface area (Å²) < 4.78 is 27.7. The van der Waals surface area contributed by atoms with E-state index in [2.05, 4.69) is 32.1 Å². The smallest absolute Gasteiger partial charge is 0.191 e. The lowest BCUT2D eigenvalue weighted by Gasteiger charge is -2.21. The van der Waals surface area contributed by atoms with Crippen LogP contribution in [0.1, 0.15) is 11.1 Å². The van der Waals surface area contributed by atoms with E-state index in [0.29, 0.717) is 41.1 Å². The molecule has 4 aromatic rings. The molecule has 0 unspecified atom stereocenters. The molecule has 1 saturated heterocycles. The first kappa shape index (κ1) is 23.0. The summed E-state index contributed by atoms with van der Waals surface area (Å²) in [6.45, 7) is 2.45. The highest BCUT2D eigenvalue weighted by Crippen LogP contribution is 2.41. The molecular formula is C25H25N5O4S. The van der Waals surface area contributed by atoms with Crippen LogP contribution in [-0.4, -0.2) is 49.4 Å². The molecular weight excluding hydrogens is 466 g/mol. The zero-order valence-electron chi connectivity index (χ0n) is 19.6. The number of nitrogens with zero attached hydrogens (tertiary/aromatic N) is 3. The third-order valence-corrected chi connectivity index (χ3v) is 6.54. The molecule has 2 aromatic carbocycles. The van der Waals surface area contributed by atoms with Crippen molar-refractivity contribution >= 4 is 28.7 Å². The molecule has 180 valence electrons. The molecule has 1 fully saturated rings. The fraction of sp³-hybridized carbons (Fsp3) is 0.280. The topological polar surface area (TPSA) is 95.6 Å². The van der Waals surface area contributed by atoms with Crippen LogP contribution in [0.3, 0.4) is 0 Å². The van der Waals surface area contributed by atoms with Crippen LogP contribution in [0.5, 0.6) is 17.2 Å². The number of anilines is 1. The van der Waals surface area contributed by atoms with Crippen LogP contribution < -0.4 is 24.2 Å². The van der Waals surface area contributed by atoms with E-state index < -0.39 is 0 Å². The number of fused-ring (bicyclic) bond motifs is 1. The highest BCUT2D eigenvalue weighted by atomic mass is 32.2. The molecule has 35 heavy (non-hydrogen) atoms. The summed E-state index contributed by atoms with van der Waals surface area (Å²) >= 11 is 1.32. The number of hydrogen-bond acceptors (Lipinski definition) is 9. The van der Waals surface area contributed by atoms with Crippen LogP contribution in [0.4, 0.5) is 5.82 Å². The molecule has 1 aliphatic heterocycles. The first-order valence-electron chi connectivity index (χ1n) is 11.0. The molecule has 2 N–H and O–H groups in total. The lowest BCUT2D eigenvalue weighted by molar-refractivity contribution is 0.376. The summed E-state index contributed by atoms with van der Waals surface area (Å²) in [6.07, 6.45) is 3.65. The third kappa shape index (κ3) is 4.87. The van der Waals surface area contributed by atoms with Gasteiger partial charge in [0, 0.05) is 37.0 Å². The lowest BCUT2D eigenvalue weighted by Crippen LogP contribution is -2.40. The highest BCUT2D eigenvalue weighted by Gasteiger charge is 2.19. The van der Waals surface area contributed by atoms with Gasteiger partial charge < -0.3 is 28.8 Å². The van der Waals surface area contributed by atoms with Crippen molar-refractivity contribution in [1.82, 2.24) is 20.3 Å². The average Bonchev–Trinajstić information content (AvgIpc) is 3.51. The molecule has 3 heterocycles. The summed E-state index contributed by atoms with van der Waals surface area (Å²) in [5, 5.41) is 12.5. The number of ether oxygens (including phenoxy) is 3. The van der Waals surface area contributed by atoms with Crippen LogP contribution >= 0.6 is 11.9 Å². The van der Waals surface area contributed by atoms with Gasteiger partial charge in [-0.05, 0) is 47.8 Å². The largest absolute Gasteiger partial charge is 0.496 e. The highest BCUT2D eigenvalue weighted by molar-refractivity contribution is 8.00. The predicted octanol–water partition coefficient (Wildman–Crippen LogP) is 3.79. The Morgan fingerprint density at radius 1 is 1.11 bits per heavy atom. The van der Waals surface area contributed by atoms with Gasteiger partial charge in [0.05, 0.1) is 27.9 Å². The zero-order valence-corrected chi connectivity index (χ0v) is 20.4. The van der Waals surface area contributed by atoms with Gasteiger partial charge in [0.25, 0.3) is 0 Å². The number of hydrogen-bond donors (Lipinski definition) is 2.